The second-order valence-electron chi connectivity index (χ2n) is 5.09. The number of nitrogens with zero attached hydrogens (tertiary/aromatic N) is 1. The predicted octanol–water partition coefficient (Wildman–Crippen LogP) is 4.06. The maximum Gasteiger partial charge on any atom is 0.0591 e. The van der Waals surface area contributed by atoms with Crippen molar-refractivity contribution in [2.75, 3.05) is 13.1 Å². The Balaban J connectivity index is 2.33. The molecule has 2 N–H and O–H groups in total. The Morgan fingerprint density at radius 3 is 2.44 bits per heavy atom. The van der Waals surface area contributed by atoms with Crippen molar-refractivity contribution in [1.82, 2.24) is 4.90 Å². The smallest absolute Gasteiger partial charge is 0.0591 e. The number of rotatable bonds is 5. The number of nitrogens with two attached hydrogens (primary N) is 1. The van der Waals surface area contributed by atoms with Crippen LogP contribution in [0.5, 0.6) is 0 Å². The van der Waals surface area contributed by atoms with Crippen LogP contribution in [0.2, 0.25) is 5.02 Å². The Labute approximate surface area is 119 Å². The quantitative estimate of drug-likeness (QED) is 0.884. The number of hydrogen-bond donors (Lipinski definition) is 1. The van der Waals surface area contributed by atoms with Gasteiger partial charge in [-0.3, -0.25) is 4.90 Å². The van der Waals surface area contributed by atoms with Crippen LogP contribution in [0, 0.1) is 0 Å². The summed E-state index contributed by atoms with van der Waals surface area (Å²) in [6.07, 6.45) is 4.97. The zero-order chi connectivity index (χ0) is 13.2. The molecule has 1 heterocycles. The highest BCUT2D eigenvalue weighted by molar-refractivity contribution is 7.10. The SMILES string of the molecule is CCN(CC)C1(C(N)c2sccc2Cl)CCCC1. The molecule has 0 aliphatic heterocycles. The molecule has 18 heavy (non-hydrogen) atoms. The third-order valence-electron chi connectivity index (χ3n) is 4.37. The molecular weight excluding hydrogens is 264 g/mol. The van der Waals surface area contributed by atoms with Crippen LogP contribution in [0.15, 0.2) is 11.4 Å². The summed E-state index contributed by atoms with van der Waals surface area (Å²) in [5.74, 6) is 0. The molecule has 1 aliphatic carbocycles. The first-order valence-electron chi connectivity index (χ1n) is 6.89. The Morgan fingerprint density at radius 2 is 2.00 bits per heavy atom. The molecule has 0 aromatic carbocycles. The van der Waals surface area contributed by atoms with E-state index in [9.17, 15) is 0 Å². The number of likely N-dealkylation sites (N-methyl/N-ethyl adjacent to an activating group) is 1. The van der Waals surface area contributed by atoms with Crippen molar-refractivity contribution in [3.8, 4) is 0 Å². The monoisotopic (exact) mass is 286 g/mol. The highest BCUT2D eigenvalue weighted by atomic mass is 35.5. The van der Waals surface area contributed by atoms with Gasteiger partial charge in [-0.2, -0.15) is 0 Å². The van der Waals surface area contributed by atoms with Crippen LogP contribution < -0.4 is 5.73 Å². The van der Waals surface area contributed by atoms with Crippen molar-refractivity contribution < 1.29 is 0 Å². The lowest BCUT2D eigenvalue weighted by Gasteiger charge is -2.44. The van der Waals surface area contributed by atoms with Gasteiger partial charge in [-0.25, -0.2) is 0 Å². The Bertz CT molecular complexity index is 381. The highest BCUT2D eigenvalue weighted by Crippen LogP contribution is 2.45. The lowest BCUT2D eigenvalue weighted by molar-refractivity contribution is 0.0782. The lowest BCUT2D eigenvalue weighted by Crippen LogP contribution is -2.53. The van der Waals surface area contributed by atoms with Gasteiger partial charge in [0.2, 0.25) is 0 Å². The minimum Gasteiger partial charge on any atom is -0.322 e. The van der Waals surface area contributed by atoms with Crippen LogP contribution >= 0.6 is 22.9 Å². The van der Waals surface area contributed by atoms with Gasteiger partial charge in [0.1, 0.15) is 0 Å². The summed E-state index contributed by atoms with van der Waals surface area (Å²) in [7, 11) is 0. The average molecular weight is 287 g/mol. The van der Waals surface area contributed by atoms with Crippen molar-refractivity contribution >= 4 is 22.9 Å². The fourth-order valence-electron chi connectivity index (χ4n) is 3.44. The minimum absolute atomic E-state index is 0.0485. The molecule has 1 aromatic rings. The van der Waals surface area contributed by atoms with E-state index in [1.54, 1.807) is 11.3 Å². The van der Waals surface area contributed by atoms with E-state index in [1.807, 2.05) is 11.4 Å². The predicted molar refractivity (Wildman–Crippen MR) is 80.4 cm³/mol. The van der Waals surface area contributed by atoms with Crippen LogP contribution in [-0.2, 0) is 0 Å². The maximum atomic E-state index is 6.62. The highest BCUT2D eigenvalue weighted by Gasteiger charge is 2.44. The van der Waals surface area contributed by atoms with Crippen LogP contribution in [0.4, 0.5) is 0 Å². The van der Waals surface area contributed by atoms with Crippen LogP contribution in [0.3, 0.4) is 0 Å². The molecule has 0 spiro atoms. The molecular formula is C14H23ClN2S. The summed E-state index contributed by atoms with van der Waals surface area (Å²) in [6, 6.07) is 2.01. The zero-order valence-corrected chi connectivity index (χ0v) is 12.9. The fraction of sp³-hybridized carbons (Fsp3) is 0.714. The molecule has 0 radical (unpaired) electrons. The third-order valence-corrected chi connectivity index (χ3v) is 5.81. The molecule has 1 unspecified atom stereocenters. The molecule has 0 saturated heterocycles. The van der Waals surface area contributed by atoms with Gasteiger partial charge in [0, 0.05) is 10.4 Å². The Morgan fingerprint density at radius 1 is 1.39 bits per heavy atom. The van der Waals surface area contributed by atoms with Crippen molar-refractivity contribution in [3.05, 3.63) is 21.3 Å². The summed E-state index contributed by atoms with van der Waals surface area (Å²) in [6.45, 7) is 6.58. The second kappa shape index (κ2) is 5.91. The van der Waals surface area contributed by atoms with E-state index >= 15 is 0 Å². The molecule has 4 heteroatoms. The molecule has 2 nitrogen and oxygen atoms in total. The van der Waals surface area contributed by atoms with Crippen molar-refractivity contribution in [3.63, 3.8) is 0 Å². The fourth-order valence-corrected chi connectivity index (χ4v) is 4.72. The van der Waals surface area contributed by atoms with Gasteiger partial charge in [0.15, 0.2) is 0 Å². The maximum absolute atomic E-state index is 6.62. The van der Waals surface area contributed by atoms with Crippen LogP contribution in [0.1, 0.15) is 50.4 Å². The van der Waals surface area contributed by atoms with Gasteiger partial charge >= 0.3 is 0 Å². The summed E-state index contributed by atoms with van der Waals surface area (Å²) < 4.78 is 0. The zero-order valence-electron chi connectivity index (χ0n) is 11.3. The van der Waals surface area contributed by atoms with Crippen molar-refractivity contribution in [2.24, 2.45) is 5.73 Å². The Kier molecular flexibility index (Phi) is 4.70. The van der Waals surface area contributed by atoms with E-state index < -0.39 is 0 Å². The third kappa shape index (κ3) is 2.34. The molecule has 1 atom stereocenters. The lowest BCUT2D eigenvalue weighted by atomic mass is 9.85. The molecule has 102 valence electrons. The summed E-state index contributed by atoms with van der Waals surface area (Å²) in [5, 5.41) is 2.88. The van der Waals surface area contributed by atoms with Crippen molar-refractivity contribution in [1.29, 1.82) is 0 Å². The number of halogens is 1. The summed E-state index contributed by atoms with van der Waals surface area (Å²) in [5.41, 5.74) is 6.74. The first-order chi connectivity index (χ1) is 8.65. The molecule has 1 aliphatic rings. The second-order valence-corrected chi connectivity index (χ2v) is 6.45. The van der Waals surface area contributed by atoms with Crippen LogP contribution in [0.25, 0.3) is 0 Å². The standard InChI is InChI=1S/C14H23ClN2S/c1-3-17(4-2)14(8-5-6-9-14)13(16)12-11(15)7-10-18-12/h7,10,13H,3-6,8-9,16H2,1-2H3. The van der Waals surface area contributed by atoms with E-state index in [1.165, 1.54) is 25.7 Å². The van der Waals surface area contributed by atoms with Crippen LogP contribution in [-0.4, -0.2) is 23.5 Å². The van der Waals surface area contributed by atoms with Gasteiger partial charge < -0.3 is 5.73 Å². The normalized spacial score (nSPS) is 20.5. The van der Waals surface area contributed by atoms with Gasteiger partial charge in [-0.15, -0.1) is 11.3 Å². The molecule has 1 aromatic heterocycles. The van der Waals surface area contributed by atoms with Gasteiger partial charge in [-0.1, -0.05) is 38.3 Å². The van der Waals surface area contributed by atoms with Gasteiger partial charge in [0.25, 0.3) is 0 Å². The van der Waals surface area contributed by atoms with E-state index in [0.29, 0.717) is 0 Å². The number of hydrogen-bond acceptors (Lipinski definition) is 3. The Hall–Kier alpha value is -0.0900. The van der Waals surface area contributed by atoms with E-state index in [2.05, 4.69) is 18.7 Å². The van der Waals surface area contributed by atoms with E-state index in [0.717, 1.165) is 23.0 Å². The molecule has 0 amide bonds. The molecule has 1 saturated carbocycles. The van der Waals surface area contributed by atoms with Crippen molar-refractivity contribution in [2.45, 2.75) is 51.1 Å². The first-order valence-corrected chi connectivity index (χ1v) is 8.15. The number of thiophene rings is 1. The minimum atomic E-state index is 0.0485. The largest absolute Gasteiger partial charge is 0.322 e. The van der Waals surface area contributed by atoms with E-state index in [4.69, 9.17) is 17.3 Å². The summed E-state index contributed by atoms with van der Waals surface area (Å²) in [4.78, 5) is 3.70. The molecule has 2 rings (SSSR count). The van der Waals surface area contributed by atoms with Gasteiger partial charge in [-0.05, 0) is 37.4 Å². The molecule has 0 bridgehead atoms. The molecule has 1 fully saturated rings. The topological polar surface area (TPSA) is 29.3 Å². The summed E-state index contributed by atoms with van der Waals surface area (Å²) >= 11 is 7.98. The average Bonchev–Trinajstić information content (AvgIpc) is 3.00. The van der Waals surface area contributed by atoms with E-state index in [-0.39, 0.29) is 11.6 Å². The first kappa shape index (κ1) is 14.3. The van der Waals surface area contributed by atoms with Gasteiger partial charge in [0.05, 0.1) is 11.1 Å².